The summed E-state index contributed by atoms with van der Waals surface area (Å²) in [5.41, 5.74) is -0.650. The first-order valence-electron chi connectivity index (χ1n) is 6.71. The number of esters is 1. The quantitative estimate of drug-likeness (QED) is 0.687. The highest BCUT2D eigenvalue weighted by Gasteiger charge is 2.23. The van der Waals surface area contributed by atoms with Gasteiger partial charge in [-0.15, -0.1) is 0 Å². The van der Waals surface area contributed by atoms with Gasteiger partial charge in [-0.25, -0.2) is 8.42 Å². The van der Waals surface area contributed by atoms with Crippen LogP contribution < -0.4 is 5.32 Å². The summed E-state index contributed by atoms with van der Waals surface area (Å²) in [6, 6.07) is 0.133. The molecule has 0 heterocycles. The Hall–Kier alpha value is -0.620. The molecule has 5 nitrogen and oxygen atoms in total. The Bertz CT molecular complexity index is 371. The first kappa shape index (κ1) is 18.4. The van der Waals surface area contributed by atoms with Crippen molar-refractivity contribution < 1.29 is 17.9 Å². The van der Waals surface area contributed by atoms with Crippen LogP contribution in [0, 0.1) is 0 Å². The van der Waals surface area contributed by atoms with Gasteiger partial charge in [0, 0.05) is 6.04 Å². The van der Waals surface area contributed by atoms with Crippen LogP contribution in [0.3, 0.4) is 0 Å². The maximum absolute atomic E-state index is 11.8. The number of rotatable bonds is 8. The van der Waals surface area contributed by atoms with Crippen LogP contribution in [-0.2, 0) is 19.4 Å². The van der Waals surface area contributed by atoms with E-state index in [1.54, 1.807) is 20.8 Å². The van der Waals surface area contributed by atoms with E-state index in [4.69, 9.17) is 4.74 Å². The molecule has 0 aliphatic heterocycles. The molecule has 0 saturated carbocycles. The van der Waals surface area contributed by atoms with Crippen molar-refractivity contribution in [2.24, 2.45) is 0 Å². The van der Waals surface area contributed by atoms with Gasteiger partial charge >= 0.3 is 5.97 Å². The lowest BCUT2D eigenvalue weighted by Gasteiger charge is -2.19. The van der Waals surface area contributed by atoms with E-state index < -0.39 is 27.2 Å². The summed E-state index contributed by atoms with van der Waals surface area (Å²) in [5, 5.41) is 3.22. The van der Waals surface area contributed by atoms with E-state index in [0.29, 0.717) is 6.42 Å². The number of ether oxygens (including phenoxy) is 1. The van der Waals surface area contributed by atoms with Crippen molar-refractivity contribution in [1.29, 1.82) is 0 Å². The first-order chi connectivity index (χ1) is 8.56. The zero-order chi connectivity index (χ0) is 15.1. The third kappa shape index (κ3) is 10.9. The largest absolute Gasteiger partial charge is 0.459 e. The van der Waals surface area contributed by atoms with Crippen LogP contribution in [0.4, 0.5) is 0 Å². The Balaban J connectivity index is 4.15. The van der Waals surface area contributed by atoms with Crippen LogP contribution in [0.15, 0.2) is 0 Å². The van der Waals surface area contributed by atoms with Crippen molar-refractivity contribution in [1.82, 2.24) is 5.32 Å². The van der Waals surface area contributed by atoms with Crippen molar-refractivity contribution in [3.8, 4) is 0 Å². The van der Waals surface area contributed by atoms with Gasteiger partial charge in [0.25, 0.3) is 0 Å². The second-order valence-electron chi connectivity index (χ2n) is 5.82. The van der Waals surface area contributed by atoms with Gasteiger partial charge in [-0.05, 0) is 47.1 Å². The molecule has 0 aromatic rings. The SMILES string of the molecule is CCCNC(C)CCS(=O)(=O)CC(=O)OC(C)(C)C. The lowest BCUT2D eigenvalue weighted by Crippen LogP contribution is -2.32. The van der Waals surface area contributed by atoms with E-state index in [2.05, 4.69) is 12.2 Å². The van der Waals surface area contributed by atoms with E-state index in [0.717, 1.165) is 13.0 Å². The third-order valence-electron chi connectivity index (χ3n) is 2.36. The highest BCUT2D eigenvalue weighted by Crippen LogP contribution is 2.08. The van der Waals surface area contributed by atoms with Crippen molar-refractivity contribution in [2.75, 3.05) is 18.1 Å². The number of hydrogen-bond donors (Lipinski definition) is 1. The summed E-state index contributed by atoms with van der Waals surface area (Å²) in [6.07, 6.45) is 1.51. The molecule has 1 unspecified atom stereocenters. The minimum Gasteiger partial charge on any atom is -0.459 e. The molecule has 0 amide bonds. The Kier molecular flexibility index (Phi) is 7.59. The van der Waals surface area contributed by atoms with Gasteiger partial charge in [-0.1, -0.05) is 6.92 Å². The smallest absolute Gasteiger partial charge is 0.321 e. The molecule has 0 rings (SSSR count). The first-order valence-corrected chi connectivity index (χ1v) is 8.53. The summed E-state index contributed by atoms with van der Waals surface area (Å²) in [7, 11) is -3.39. The molecule has 1 N–H and O–H groups in total. The molecule has 0 aliphatic rings. The van der Waals surface area contributed by atoms with E-state index >= 15 is 0 Å². The molecule has 6 heteroatoms. The fourth-order valence-corrected chi connectivity index (χ4v) is 2.75. The number of sulfone groups is 1. The molecule has 0 saturated heterocycles. The Labute approximate surface area is 117 Å². The van der Waals surface area contributed by atoms with E-state index in [1.807, 2.05) is 6.92 Å². The Morgan fingerprint density at radius 3 is 2.37 bits per heavy atom. The molecule has 0 aliphatic carbocycles. The molecule has 114 valence electrons. The molecule has 0 radical (unpaired) electrons. The zero-order valence-corrected chi connectivity index (χ0v) is 13.5. The fourth-order valence-electron chi connectivity index (χ4n) is 1.47. The number of hydrogen-bond acceptors (Lipinski definition) is 5. The molecule has 0 spiro atoms. The zero-order valence-electron chi connectivity index (χ0n) is 12.7. The van der Waals surface area contributed by atoms with Crippen molar-refractivity contribution in [3.05, 3.63) is 0 Å². The van der Waals surface area contributed by atoms with Gasteiger partial charge in [0.05, 0.1) is 5.75 Å². The van der Waals surface area contributed by atoms with Crippen molar-refractivity contribution >= 4 is 15.8 Å². The highest BCUT2D eigenvalue weighted by atomic mass is 32.2. The molecule has 0 bridgehead atoms. The summed E-state index contributed by atoms with van der Waals surface area (Å²) in [6.45, 7) is 10.0. The van der Waals surface area contributed by atoms with Crippen LogP contribution in [0.5, 0.6) is 0 Å². The lowest BCUT2D eigenvalue weighted by atomic mass is 10.2. The van der Waals surface area contributed by atoms with Crippen LogP contribution in [0.1, 0.15) is 47.5 Å². The van der Waals surface area contributed by atoms with Crippen molar-refractivity contribution in [3.63, 3.8) is 0 Å². The van der Waals surface area contributed by atoms with Crippen LogP contribution >= 0.6 is 0 Å². The van der Waals surface area contributed by atoms with Crippen molar-refractivity contribution in [2.45, 2.75) is 59.1 Å². The molecule has 0 fully saturated rings. The maximum atomic E-state index is 11.8. The topological polar surface area (TPSA) is 72.5 Å². The minimum absolute atomic E-state index is 0.00409. The van der Waals surface area contributed by atoms with E-state index in [9.17, 15) is 13.2 Å². The van der Waals surface area contributed by atoms with E-state index in [1.165, 1.54) is 0 Å². The average molecular weight is 293 g/mol. The maximum Gasteiger partial charge on any atom is 0.321 e. The molecular formula is C13H27NO4S. The number of nitrogens with one attached hydrogen (secondary N) is 1. The fraction of sp³-hybridized carbons (Fsp3) is 0.923. The van der Waals surface area contributed by atoms with Gasteiger partial charge < -0.3 is 10.1 Å². The summed E-state index contributed by atoms with van der Waals surface area (Å²) >= 11 is 0. The van der Waals surface area contributed by atoms with Crippen LogP contribution in [0.25, 0.3) is 0 Å². The molecular weight excluding hydrogens is 266 g/mol. The van der Waals surface area contributed by atoms with Gasteiger partial charge in [-0.3, -0.25) is 4.79 Å². The molecule has 19 heavy (non-hydrogen) atoms. The Morgan fingerprint density at radius 2 is 1.89 bits per heavy atom. The highest BCUT2D eigenvalue weighted by molar-refractivity contribution is 7.92. The summed E-state index contributed by atoms with van der Waals surface area (Å²) in [5.74, 6) is -1.21. The predicted molar refractivity (Wildman–Crippen MR) is 76.9 cm³/mol. The summed E-state index contributed by atoms with van der Waals surface area (Å²) < 4.78 is 28.6. The molecule has 0 aromatic heterocycles. The van der Waals surface area contributed by atoms with Gasteiger partial charge in [0.15, 0.2) is 9.84 Å². The Morgan fingerprint density at radius 1 is 1.32 bits per heavy atom. The second-order valence-corrected chi connectivity index (χ2v) is 8.01. The third-order valence-corrected chi connectivity index (χ3v) is 3.90. The van der Waals surface area contributed by atoms with E-state index in [-0.39, 0.29) is 11.8 Å². The second kappa shape index (κ2) is 7.85. The standard InChI is InChI=1S/C13H27NO4S/c1-6-8-14-11(2)7-9-19(16,17)10-12(15)18-13(3,4)5/h11,14H,6-10H2,1-5H3. The van der Waals surface area contributed by atoms with Crippen LogP contribution in [-0.4, -0.2) is 44.1 Å². The van der Waals surface area contributed by atoms with Gasteiger partial charge in [0.2, 0.25) is 0 Å². The number of carbonyl (C=O) groups excluding carboxylic acids is 1. The normalized spacial score (nSPS) is 14.2. The molecule has 1 atom stereocenters. The average Bonchev–Trinajstić information content (AvgIpc) is 2.20. The van der Waals surface area contributed by atoms with Gasteiger partial charge in [0.1, 0.15) is 11.4 Å². The monoisotopic (exact) mass is 293 g/mol. The van der Waals surface area contributed by atoms with Gasteiger partial charge in [-0.2, -0.15) is 0 Å². The van der Waals surface area contributed by atoms with Crippen LogP contribution in [0.2, 0.25) is 0 Å². The number of carbonyl (C=O) groups is 1. The lowest BCUT2D eigenvalue weighted by molar-refractivity contribution is -0.151. The minimum atomic E-state index is -3.39. The molecule has 0 aromatic carbocycles. The summed E-state index contributed by atoms with van der Waals surface area (Å²) in [4.78, 5) is 11.5. The predicted octanol–water partition coefficient (Wildman–Crippen LogP) is 1.52.